The van der Waals surface area contributed by atoms with Crippen LogP contribution in [0.3, 0.4) is 0 Å². The molecule has 0 aliphatic carbocycles. The highest BCUT2D eigenvalue weighted by Gasteiger charge is 2.32. The van der Waals surface area contributed by atoms with Crippen molar-refractivity contribution in [1.29, 1.82) is 0 Å². The molecule has 1 N–H and O–H groups in total. The number of ether oxygens (including phenoxy) is 3. The average Bonchev–Trinajstić information content (AvgIpc) is 2.43. The maximum Gasteiger partial charge on any atom is 0.444 e. The van der Waals surface area contributed by atoms with Crippen molar-refractivity contribution in [3.8, 4) is 0 Å². The van der Waals surface area contributed by atoms with E-state index in [1.807, 2.05) is 0 Å². The van der Waals surface area contributed by atoms with Gasteiger partial charge >= 0.3 is 12.2 Å². The number of rotatable bonds is 8. The molecule has 0 aromatic carbocycles. The number of nitrogens with zero attached hydrogens (tertiary/aromatic N) is 1. The van der Waals surface area contributed by atoms with Crippen LogP contribution in [0.25, 0.3) is 0 Å². The lowest BCUT2D eigenvalue weighted by atomic mass is 10.2. The van der Waals surface area contributed by atoms with Crippen LogP contribution >= 0.6 is 0 Å². The molecule has 0 heterocycles. The van der Waals surface area contributed by atoms with Crippen molar-refractivity contribution in [2.75, 3.05) is 26.9 Å². The van der Waals surface area contributed by atoms with E-state index in [0.717, 1.165) is 0 Å². The number of carbonyl (C=O) groups is 3. The SMILES string of the molecule is COCCNC(=O)CCCON(C(=O)OC(C)(C)C)C(=O)OC(C)(C)C. The van der Waals surface area contributed by atoms with Gasteiger partial charge in [-0.1, -0.05) is 5.06 Å². The van der Waals surface area contributed by atoms with E-state index in [1.54, 1.807) is 48.7 Å². The molecule has 0 radical (unpaired) electrons. The highest BCUT2D eigenvalue weighted by atomic mass is 16.8. The van der Waals surface area contributed by atoms with Crippen LogP contribution in [-0.4, -0.2) is 61.2 Å². The second-order valence-electron chi connectivity index (χ2n) is 7.53. The maximum absolute atomic E-state index is 12.2. The zero-order valence-corrected chi connectivity index (χ0v) is 16.8. The van der Waals surface area contributed by atoms with E-state index in [9.17, 15) is 14.4 Å². The molecule has 152 valence electrons. The fourth-order valence-corrected chi connectivity index (χ4v) is 1.56. The Labute approximate surface area is 155 Å². The number of carbonyl (C=O) groups excluding carboxylic acids is 3. The molecule has 0 aliphatic rings. The third-order valence-electron chi connectivity index (χ3n) is 2.52. The van der Waals surface area contributed by atoms with E-state index < -0.39 is 23.4 Å². The fraction of sp³-hybridized carbons (Fsp3) is 0.824. The minimum atomic E-state index is -0.976. The van der Waals surface area contributed by atoms with Crippen LogP contribution in [0.5, 0.6) is 0 Å². The van der Waals surface area contributed by atoms with E-state index >= 15 is 0 Å². The second-order valence-corrected chi connectivity index (χ2v) is 7.53. The van der Waals surface area contributed by atoms with Gasteiger partial charge in [0.2, 0.25) is 5.91 Å². The number of hydroxylamine groups is 2. The number of amides is 3. The van der Waals surface area contributed by atoms with Crippen molar-refractivity contribution in [2.24, 2.45) is 0 Å². The summed E-state index contributed by atoms with van der Waals surface area (Å²) in [6.45, 7) is 10.8. The minimum absolute atomic E-state index is 0.0316. The van der Waals surface area contributed by atoms with Crippen LogP contribution in [0.4, 0.5) is 9.59 Å². The molecule has 0 rings (SSSR count). The lowest BCUT2D eigenvalue weighted by Gasteiger charge is -2.27. The van der Waals surface area contributed by atoms with E-state index in [2.05, 4.69) is 5.32 Å². The number of methoxy groups -OCH3 is 1. The molecule has 0 saturated carbocycles. The van der Waals surface area contributed by atoms with Crippen molar-refractivity contribution >= 4 is 18.1 Å². The zero-order valence-electron chi connectivity index (χ0n) is 16.8. The first kappa shape index (κ1) is 24.1. The van der Waals surface area contributed by atoms with Crippen molar-refractivity contribution < 1.29 is 33.4 Å². The van der Waals surface area contributed by atoms with Crippen molar-refractivity contribution in [2.45, 2.75) is 65.6 Å². The molecular formula is C17H32N2O7. The summed E-state index contributed by atoms with van der Waals surface area (Å²) in [4.78, 5) is 41.1. The Balaban J connectivity index is 4.60. The Bertz CT molecular complexity index is 439. The standard InChI is InChI=1S/C17H32N2O7/c1-16(2,3)25-14(21)19(15(22)26-17(4,5)6)24-11-8-9-13(20)18-10-12-23-7/h8-12H2,1-7H3,(H,18,20). The highest BCUT2D eigenvalue weighted by molar-refractivity contribution is 5.86. The maximum atomic E-state index is 12.2. The van der Waals surface area contributed by atoms with E-state index in [4.69, 9.17) is 19.0 Å². The quantitative estimate of drug-likeness (QED) is 0.513. The second kappa shape index (κ2) is 11.0. The Hall–Kier alpha value is -1.87. The molecule has 9 nitrogen and oxygen atoms in total. The summed E-state index contributed by atoms with van der Waals surface area (Å²) in [5, 5.41) is 3.11. The molecule has 26 heavy (non-hydrogen) atoms. The minimum Gasteiger partial charge on any atom is -0.442 e. The molecule has 0 spiro atoms. The molecule has 0 aliphatic heterocycles. The zero-order chi connectivity index (χ0) is 20.4. The van der Waals surface area contributed by atoms with E-state index in [-0.39, 0.29) is 18.9 Å². The molecular weight excluding hydrogens is 344 g/mol. The van der Waals surface area contributed by atoms with Crippen molar-refractivity contribution in [3.05, 3.63) is 0 Å². The predicted octanol–water partition coefficient (Wildman–Crippen LogP) is 2.63. The Kier molecular flexibility index (Phi) is 10.2. The number of nitrogens with one attached hydrogen (secondary N) is 1. The first-order chi connectivity index (χ1) is 11.9. The van der Waals surface area contributed by atoms with Gasteiger partial charge in [-0.25, -0.2) is 9.59 Å². The summed E-state index contributed by atoms with van der Waals surface area (Å²) in [6.07, 6.45) is -1.46. The number of hydrogen-bond acceptors (Lipinski definition) is 7. The van der Waals surface area contributed by atoms with Gasteiger partial charge in [0.1, 0.15) is 11.2 Å². The molecule has 3 amide bonds. The Morgan fingerprint density at radius 2 is 1.38 bits per heavy atom. The molecule has 0 saturated heterocycles. The Morgan fingerprint density at radius 1 is 0.885 bits per heavy atom. The fourth-order valence-electron chi connectivity index (χ4n) is 1.56. The normalized spacial score (nSPS) is 11.7. The van der Waals surface area contributed by atoms with E-state index in [0.29, 0.717) is 24.6 Å². The monoisotopic (exact) mass is 376 g/mol. The van der Waals surface area contributed by atoms with Gasteiger partial charge in [0, 0.05) is 20.1 Å². The summed E-state index contributed by atoms with van der Waals surface area (Å²) in [6, 6.07) is 0. The highest BCUT2D eigenvalue weighted by Crippen LogP contribution is 2.15. The number of imide groups is 1. The van der Waals surface area contributed by atoms with Gasteiger partial charge in [-0.15, -0.1) is 0 Å². The largest absolute Gasteiger partial charge is 0.444 e. The first-order valence-corrected chi connectivity index (χ1v) is 8.50. The number of hydrogen-bond donors (Lipinski definition) is 1. The topological polar surface area (TPSA) is 103 Å². The summed E-state index contributed by atoms with van der Waals surface area (Å²) in [5.41, 5.74) is -1.61. The smallest absolute Gasteiger partial charge is 0.442 e. The first-order valence-electron chi connectivity index (χ1n) is 8.50. The molecule has 0 aromatic heterocycles. The Morgan fingerprint density at radius 3 is 1.81 bits per heavy atom. The predicted molar refractivity (Wildman–Crippen MR) is 94.4 cm³/mol. The van der Waals surface area contributed by atoms with Crippen LogP contribution in [-0.2, 0) is 23.8 Å². The summed E-state index contributed by atoms with van der Waals surface area (Å²) in [7, 11) is 1.54. The van der Waals surface area contributed by atoms with Crippen molar-refractivity contribution in [3.63, 3.8) is 0 Å². The lowest BCUT2D eigenvalue weighted by molar-refractivity contribution is -0.140. The van der Waals surface area contributed by atoms with E-state index in [1.165, 1.54) is 0 Å². The molecule has 9 heteroatoms. The van der Waals surface area contributed by atoms with Crippen LogP contribution in [0.15, 0.2) is 0 Å². The molecule has 0 bridgehead atoms. The molecule has 0 fully saturated rings. The van der Waals surface area contributed by atoms with Crippen LogP contribution in [0, 0.1) is 0 Å². The van der Waals surface area contributed by atoms with Gasteiger partial charge in [0.25, 0.3) is 0 Å². The van der Waals surface area contributed by atoms with Crippen LogP contribution < -0.4 is 5.32 Å². The summed E-state index contributed by atoms with van der Waals surface area (Å²) >= 11 is 0. The third kappa shape index (κ3) is 12.5. The van der Waals surface area contributed by atoms with Gasteiger partial charge in [0.15, 0.2) is 0 Å². The van der Waals surface area contributed by atoms with Gasteiger partial charge in [-0.3, -0.25) is 9.63 Å². The summed E-state index contributed by atoms with van der Waals surface area (Å²) in [5.74, 6) is -0.174. The van der Waals surface area contributed by atoms with Gasteiger partial charge in [-0.2, -0.15) is 0 Å². The lowest BCUT2D eigenvalue weighted by Crippen LogP contribution is -2.43. The van der Waals surface area contributed by atoms with Crippen molar-refractivity contribution in [1.82, 2.24) is 10.4 Å². The van der Waals surface area contributed by atoms with Crippen LogP contribution in [0.2, 0.25) is 0 Å². The molecule has 0 atom stereocenters. The van der Waals surface area contributed by atoms with Gasteiger partial charge < -0.3 is 19.5 Å². The van der Waals surface area contributed by atoms with Gasteiger partial charge in [0.05, 0.1) is 13.2 Å². The van der Waals surface area contributed by atoms with Gasteiger partial charge in [-0.05, 0) is 48.0 Å². The average molecular weight is 376 g/mol. The third-order valence-corrected chi connectivity index (χ3v) is 2.52. The molecule has 0 unspecified atom stereocenters. The van der Waals surface area contributed by atoms with Crippen LogP contribution in [0.1, 0.15) is 54.4 Å². The summed E-state index contributed by atoms with van der Waals surface area (Å²) < 4.78 is 15.1. The molecule has 0 aromatic rings.